The Kier molecular flexibility index (Phi) is 7.19. The van der Waals surface area contributed by atoms with Crippen molar-refractivity contribution in [1.82, 2.24) is 0 Å². The van der Waals surface area contributed by atoms with Gasteiger partial charge in [0.25, 0.3) is 0 Å². The van der Waals surface area contributed by atoms with Crippen LogP contribution in [0.25, 0.3) is 0 Å². The summed E-state index contributed by atoms with van der Waals surface area (Å²) < 4.78 is 17.9. The van der Waals surface area contributed by atoms with Crippen LogP contribution in [0.5, 0.6) is 5.75 Å². The van der Waals surface area contributed by atoms with Crippen molar-refractivity contribution in [1.29, 1.82) is 0 Å². The molecular weight excluding hydrogens is 336 g/mol. The summed E-state index contributed by atoms with van der Waals surface area (Å²) in [5, 5.41) is 8.51. The molecular formula is C20H24O4S. The predicted molar refractivity (Wildman–Crippen MR) is 101 cm³/mol. The number of carbonyl (C=O) groups is 1. The Hall–Kier alpha value is -2.14. The predicted octanol–water partition coefficient (Wildman–Crippen LogP) is 3.52. The molecule has 2 aromatic rings. The first-order valence-electron chi connectivity index (χ1n) is 8.30. The SMILES string of the molecule is Cc1ccc(CCC(C(=O)O)S(=O)CCOc2cccc(C)c2)cc1. The molecule has 25 heavy (non-hydrogen) atoms. The molecule has 0 aliphatic rings. The van der Waals surface area contributed by atoms with E-state index in [1.165, 1.54) is 0 Å². The summed E-state index contributed by atoms with van der Waals surface area (Å²) in [5.74, 6) is -0.0942. The minimum absolute atomic E-state index is 0.207. The highest BCUT2D eigenvalue weighted by atomic mass is 32.2. The van der Waals surface area contributed by atoms with Gasteiger partial charge in [0.2, 0.25) is 0 Å². The van der Waals surface area contributed by atoms with Crippen LogP contribution in [0, 0.1) is 13.8 Å². The second-order valence-corrected chi connectivity index (χ2v) is 7.84. The molecule has 0 fully saturated rings. The van der Waals surface area contributed by atoms with E-state index < -0.39 is 22.0 Å². The van der Waals surface area contributed by atoms with Gasteiger partial charge in [-0.3, -0.25) is 9.00 Å². The molecule has 0 amide bonds. The van der Waals surface area contributed by atoms with Gasteiger partial charge in [0.05, 0.1) is 12.4 Å². The number of hydrogen-bond donors (Lipinski definition) is 1. The first-order valence-corrected chi connectivity index (χ1v) is 9.69. The molecule has 0 saturated carbocycles. The van der Waals surface area contributed by atoms with E-state index in [-0.39, 0.29) is 12.4 Å². The first-order chi connectivity index (χ1) is 12.0. The first kappa shape index (κ1) is 19.2. The van der Waals surface area contributed by atoms with Crippen LogP contribution >= 0.6 is 0 Å². The molecule has 2 unspecified atom stereocenters. The van der Waals surface area contributed by atoms with Crippen LogP contribution in [0.1, 0.15) is 23.1 Å². The third-order valence-electron chi connectivity index (χ3n) is 3.95. The molecule has 0 aliphatic carbocycles. The van der Waals surface area contributed by atoms with Crippen molar-refractivity contribution in [2.24, 2.45) is 0 Å². The number of ether oxygens (including phenoxy) is 1. The van der Waals surface area contributed by atoms with Crippen LogP contribution in [0.3, 0.4) is 0 Å². The largest absolute Gasteiger partial charge is 0.493 e. The monoisotopic (exact) mass is 360 g/mol. The molecule has 0 bridgehead atoms. The Bertz CT molecular complexity index is 725. The summed E-state index contributed by atoms with van der Waals surface area (Å²) in [6, 6.07) is 15.6. The van der Waals surface area contributed by atoms with Crippen molar-refractivity contribution >= 4 is 16.8 Å². The van der Waals surface area contributed by atoms with Gasteiger partial charge in [0, 0.05) is 10.8 Å². The number of aryl methyl sites for hydroxylation is 3. The molecule has 2 rings (SSSR count). The molecule has 0 radical (unpaired) electrons. The smallest absolute Gasteiger partial charge is 0.319 e. The van der Waals surface area contributed by atoms with Crippen molar-refractivity contribution in [3.63, 3.8) is 0 Å². The molecule has 5 heteroatoms. The minimum atomic E-state index is -1.47. The fraction of sp³-hybridized carbons (Fsp3) is 0.350. The Balaban J connectivity index is 1.84. The number of rotatable bonds is 9. The van der Waals surface area contributed by atoms with E-state index in [1.54, 1.807) is 0 Å². The lowest BCUT2D eigenvalue weighted by Crippen LogP contribution is -2.29. The third-order valence-corrected chi connectivity index (χ3v) is 5.59. The lowest BCUT2D eigenvalue weighted by atomic mass is 10.1. The zero-order chi connectivity index (χ0) is 18.2. The molecule has 0 spiro atoms. The number of hydrogen-bond acceptors (Lipinski definition) is 3. The summed E-state index contributed by atoms with van der Waals surface area (Å²) >= 11 is 0. The average molecular weight is 360 g/mol. The molecule has 2 aromatic carbocycles. The van der Waals surface area contributed by atoms with Gasteiger partial charge < -0.3 is 9.84 Å². The van der Waals surface area contributed by atoms with E-state index in [4.69, 9.17) is 4.74 Å². The van der Waals surface area contributed by atoms with Gasteiger partial charge in [-0.2, -0.15) is 0 Å². The van der Waals surface area contributed by atoms with E-state index in [0.717, 1.165) is 16.7 Å². The zero-order valence-electron chi connectivity index (χ0n) is 14.6. The second-order valence-electron chi connectivity index (χ2n) is 6.10. The van der Waals surface area contributed by atoms with Crippen LogP contribution in [0.2, 0.25) is 0 Å². The van der Waals surface area contributed by atoms with Gasteiger partial charge in [0.1, 0.15) is 11.0 Å². The third kappa shape index (κ3) is 6.35. The maximum Gasteiger partial charge on any atom is 0.319 e. The number of carboxylic acids is 1. The summed E-state index contributed by atoms with van der Waals surface area (Å²) in [4.78, 5) is 11.5. The molecule has 4 nitrogen and oxygen atoms in total. The van der Waals surface area contributed by atoms with Crippen LogP contribution in [-0.2, 0) is 22.0 Å². The topological polar surface area (TPSA) is 63.6 Å². The van der Waals surface area contributed by atoms with Gasteiger partial charge >= 0.3 is 5.97 Å². The maximum atomic E-state index is 12.4. The van der Waals surface area contributed by atoms with Crippen molar-refractivity contribution in [2.75, 3.05) is 12.4 Å². The van der Waals surface area contributed by atoms with Crippen molar-refractivity contribution < 1.29 is 18.8 Å². The van der Waals surface area contributed by atoms with Crippen LogP contribution in [0.4, 0.5) is 0 Å². The van der Waals surface area contributed by atoms with Crippen LogP contribution in [0.15, 0.2) is 48.5 Å². The molecule has 1 N–H and O–H groups in total. The Morgan fingerprint density at radius 3 is 2.48 bits per heavy atom. The van der Waals surface area contributed by atoms with Gasteiger partial charge in [0.15, 0.2) is 0 Å². The van der Waals surface area contributed by atoms with Gasteiger partial charge in [-0.15, -0.1) is 0 Å². The van der Waals surface area contributed by atoms with E-state index in [9.17, 15) is 14.1 Å². The molecule has 0 aliphatic heterocycles. The van der Waals surface area contributed by atoms with Gasteiger partial charge in [-0.1, -0.05) is 42.0 Å². The second kappa shape index (κ2) is 9.37. The lowest BCUT2D eigenvalue weighted by molar-refractivity contribution is -0.136. The molecule has 0 heterocycles. The van der Waals surface area contributed by atoms with Crippen LogP contribution in [-0.4, -0.2) is 32.9 Å². The Morgan fingerprint density at radius 1 is 1.12 bits per heavy atom. The number of carboxylic acid groups (broad SMARTS) is 1. The van der Waals surface area contributed by atoms with Crippen molar-refractivity contribution in [2.45, 2.75) is 31.9 Å². The van der Waals surface area contributed by atoms with E-state index in [0.29, 0.717) is 18.6 Å². The molecule has 0 aromatic heterocycles. The minimum Gasteiger partial charge on any atom is -0.493 e. The Labute approximate surface area is 151 Å². The van der Waals surface area contributed by atoms with E-state index >= 15 is 0 Å². The van der Waals surface area contributed by atoms with Crippen molar-refractivity contribution in [3.05, 3.63) is 65.2 Å². The highest BCUT2D eigenvalue weighted by molar-refractivity contribution is 7.86. The van der Waals surface area contributed by atoms with Crippen molar-refractivity contribution in [3.8, 4) is 5.75 Å². The highest BCUT2D eigenvalue weighted by Gasteiger charge is 2.24. The average Bonchev–Trinajstić information content (AvgIpc) is 2.56. The molecule has 2 atom stereocenters. The fourth-order valence-corrected chi connectivity index (χ4v) is 3.65. The van der Waals surface area contributed by atoms with Gasteiger partial charge in [-0.05, 0) is 49.9 Å². The molecule has 0 saturated heterocycles. The standard InChI is InChI=1S/C20H24O4S/c1-15-6-8-17(9-7-15)10-11-19(20(21)22)25(23)13-12-24-18-5-3-4-16(2)14-18/h3-9,14,19H,10-13H2,1-2H3,(H,21,22). The van der Waals surface area contributed by atoms with Gasteiger partial charge in [-0.25, -0.2) is 0 Å². The summed E-state index contributed by atoms with van der Waals surface area (Å²) in [5.41, 5.74) is 3.31. The van der Waals surface area contributed by atoms with Crippen LogP contribution < -0.4 is 4.74 Å². The van der Waals surface area contributed by atoms with E-state index in [1.807, 2.05) is 62.4 Å². The normalized spacial score (nSPS) is 13.2. The number of benzene rings is 2. The maximum absolute atomic E-state index is 12.4. The summed E-state index contributed by atoms with van der Waals surface area (Å²) in [6.45, 7) is 4.22. The summed E-state index contributed by atoms with van der Waals surface area (Å²) in [6.07, 6.45) is 0.956. The lowest BCUT2D eigenvalue weighted by Gasteiger charge is -2.13. The fourth-order valence-electron chi connectivity index (χ4n) is 2.51. The Morgan fingerprint density at radius 2 is 1.84 bits per heavy atom. The zero-order valence-corrected chi connectivity index (χ0v) is 15.4. The van der Waals surface area contributed by atoms with E-state index in [2.05, 4.69) is 0 Å². The number of aliphatic carboxylic acids is 1. The summed E-state index contributed by atoms with van der Waals surface area (Å²) in [7, 11) is -1.47. The quantitative estimate of drug-likeness (QED) is 0.743. The molecule has 134 valence electrons. The highest BCUT2D eigenvalue weighted by Crippen LogP contribution is 2.14.